The second kappa shape index (κ2) is 7.90. The number of nitrogens with zero attached hydrogens (tertiary/aromatic N) is 2. The average molecular weight is 356 g/mol. The highest BCUT2D eigenvalue weighted by atomic mass is 16.2. The highest BCUT2D eigenvalue weighted by molar-refractivity contribution is 6.02. The molecule has 2 aromatic rings. The summed E-state index contributed by atoms with van der Waals surface area (Å²) in [4.78, 5) is 31.7. The number of rotatable bonds is 6. The number of carbonyl (C=O) groups is 2. The van der Waals surface area contributed by atoms with Gasteiger partial charge in [-0.3, -0.25) is 14.7 Å². The average Bonchev–Trinajstić information content (AvgIpc) is 3.19. The Morgan fingerprint density at radius 2 is 2.08 bits per heavy atom. The number of aromatic nitrogens is 1. The van der Waals surface area contributed by atoms with Crippen molar-refractivity contribution in [1.82, 2.24) is 25.8 Å². The quantitative estimate of drug-likeness (QED) is 0.348. The minimum absolute atomic E-state index is 0.0792. The fourth-order valence-electron chi connectivity index (χ4n) is 3.15. The third-order valence-electron chi connectivity index (χ3n) is 4.47. The number of nitrogens with one attached hydrogen (secondary N) is 4. The zero-order valence-corrected chi connectivity index (χ0v) is 15.1. The Kier molecular flexibility index (Phi) is 5.40. The van der Waals surface area contributed by atoms with E-state index in [0.717, 1.165) is 18.5 Å². The number of carbonyl (C=O) groups excluding carboxylic acids is 2. The van der Waals surface area contributed by atoms with Crippen molar-refractivity contribution in [2.45, 2.75) is 13.3 Å². The van der Waals surface area contributed by atoms with Gasteiger partial charge in [0.15, 0.2) is 5.96 Å². The number of H-pyrrole nitrogens is 1. The molecule has 3 rings (SSSR count). The molecule has 0 unspecified atom stereocenters. The third-order valence-corrected chi connectivity index (χ3v) is 4.47. The van der Waals surface area contributed by atoms with Crippen LogP contribution in [0.3, 0.4) is 0 Å². The molecule has 1 aromatic heterocycles. The first-order chi connectivity index (χ1) is 12.6. The number of guanidine groups is 1. The molecule has 138 valence electrons. The first-order valence-electron chi connectivity index (χ1n) is 8.68. The van der Waals surface area contributed by atoms with E-state index < -0.39 is 0 Å². The predicted octanol–water partition coefficient (Wildman–Crippen LogP) is 0.736. The third kappa shape index (κ3) is 3.79. The van der Waals surface area contributed by atoms with Crippen LogP contribution in [0.5, 0.6) is 0 Å². The van der Waals surface area contributed by atoms with Crippen molar-refractivity contribution in [3.63, 3.8) is 0 Å². The highest BCUT2D eigenvalue weighted by Crippen LogP contribution is 2.22. The Labute approximate surface area is 152 Å². The van der Waals surface area contributed by atoms with E-state index in [2.05, 4.69) is 45.0 Å². The Bertz CT molecular complexity index is 825. The normalized spacial score (nSPS) is 14.8. The second-order valence-corrected chi connectivity index (χ2v) is 6.19. The van der Waals surface area contributed by atoms with Crippen molar-refractivity contribution in [2.75, 3.05) is 33.2 Å². The van der Waals surface area contributed by atoms with E-state index in [0.29, 0.717) is 19.0 Å². The number of fused-ring (bicyclic) bond motifs is 1. The fourth-order valence-corrected chi connectivity index (χ4v) is 3.15. The number of aromatic amines is 1. The lowest BCUT2D eigenvalue weighted by Gasteiger charge is -2.15. The van der Waals surface area contributed by atoms with Crippen LogP contribution in [0.4, 0.5) is 4.79 Å². The molecule has 26 heavy (non-hydrogen) atoms. The van der Waals surface area contributed by atoms with Crippen LogP contribution >= 0.6 is 0 Å². The number of urea groups is 1. The van der Waals surface area contributed by atoms with Crippen molar-refractivity contribution >= 4 is 28.8 Å². The van der Waals surface area contributed by atoms with Crippen LogP contribution in [-0.4, -0.2) is 61.0 Å². The molecule has 0 aliphatic carbocycles. The van der Waals surface area contributed by atoms with Crippen molar-refractivity contribution in [3.8, 4) is 0 Å². The standard InChI is InChI=1S/C18H24N6O2/c1-12-4-3-5-14-16(12)13(10-22-14)6-7-20-17(19-2)21-8-9-24-15(25)11-23-18(24)26/h3-5,10,22H,6-9,11H2,1-2H3,(H,23,26)(H2,19,20,21). The number of benzene rings is 1. The van der Waals surface area contributed by atoms with Gasteiger partial charge in [0, 0.05) is 43.8 Å². The molecule has 3 amide bonds. The summed E-state index contributed by atoms with van der Waals surface area (Å²) >= 11 is 0. The first-order valence-corrected chi connectivity index (χ1v) is 8.68. The van der Waals surface area contributed by atoms with Crippen LogP contribution in [0.1, 0.15) is 11.1 Å². The van der Waals surface area contributed by atoms with Crippen molar-refractivity contribution in [1.29, 1.82) is 0 Å². The molecule has 1 aromatic carbocycles. The Morgan fingerprint density at radius 1 is 1.27 bits per heavy atom. The molecule has 0 bridgehead atoms. The van der Waals surface area contributed by atoms with Crippen LogP contribution in [-0.2, 0) is 11.2 Å². The van der Waals surface area contributed by atoms with E-state index in [1.54, 1.807) is 7.05 Å². The maximum Gasteiger partial charge on any atom is 0.324 e. The zero-order valence-electron chi connectivity index (χ0n) is 15.1. The Hall–Kier alpha value is -3.03. The first kappa shape index (κ1) is 17.8. The van der Waals surface area contributed by atoms with E-state index in [1.165, 1.54) is 21.4 Å². The summed E-state index contributed by atoms with van der Waals surface area (Å²) in [6.45, 7) is 3.68. The van der Waals surface area contributed by atoms with Gasteiger partial charge in [0.2, 0.25) is 5.91 Å². The number of aliphatic imine (C=N–C) groups is 1. The summed E-state index contributed by atoms with van der Waals surface area (Å²) in [5.74, 6) is 0.447. The van der Waals surface area contributed by atoms with Gasteiger partial charge in [-0.1, -0.05) is 12.1 Å². The number of hydrogen-bond donors (Lipinski definition) is 4. The van der Waals surface area contributed by atoms with Gasteiger partial charge in [0.05, 0.1) is 6.54 Å². The van der Waals surface area contributed by atoms with Crippen LogP contribution in [0.25, 0.3) is 10.9 Å². The van der Waals surface area contributed by atoms with Crippen LogP contribution in [0.15, 0.2) is 29.4 Å². The molecule has 8 nitrogen and oxygen atoms in total. The van der Waals surface area contributed by atoms with Gasteiger partial charge < -0.3 is 20.9 Å². The molecule has 8 heteroatoms. The lowest BCUT2D eigenvalue weighted by molar-refractivity contribution is -0.124. The van der Waals surface area contributed by atoms with E-state index in [-0.39, 0.29) is 18.5 Å². The topological polar surface area (TPSA) is 102 Å². The summed E-state index contributed by atoms with van der Waals surface area (Å²) in [6, 6.07) is 5.90. The van der Waals surface area contributed by atoms with E-state index in [9.17, 15) is 9.59 Å². The number of imide groups is 1. The van der Waals surface area contributed by atoms with Gasteiger partial charge >= 0.3 is 6.03 Å². The van der Waals surface area contributed by atoms with Crippen molar-refractivity contribution in [2.24, 2.45) is 4.99 Å². The zero-order chi connectivity index (χ0) is 18.5. The van der Waals surface area contributed by atoms with E-state index >= 15 is 0 Å². The van der Waals surface area contributed by atoms with E-state index in [1.807, 2.05) is 12.3 Å². The number of aryl methyl sites for hydroxylation is 1. The minimum Gasteiger partial charge on any atom is -0.361 e. The van der Waals surface area contributed by atoms with Gasteiger partial charge in [0.1, 0.15) is 0 Å². The van der Waals surface area contributed by atoms with Gasteiger partial charge in [-0.25, -0.2) is 4.79 Å². The summed E-state index contributed by atoms with van der Waals surface area (Å²) in [5, 5.41) is 10.2. The maximum absolute atomic E-state index is 11.5. The van der Waals surface area contributed by atoms with Crippen molar-refractivity contribution < 1.29 is 9.59 Å². The number of amides is 3. The molecular weight excluding hydrogens is 332 g/mol. The molecule has 1 saturated heterocycles. The summed E-state index contributed by atoms with van der Waals surface area (Å²) < 4.78 is 0. The lowest BCUT2D eigenvalue weighted by atomic mass is 10.1. The van der Waals surface area contributed by atoms with Gasteiger partial charge in [-0.15, -0.1) is 0 Å². The molecule has 1 aliphatic rings. The maximum atomic E-state index is 11.5. The summed E-state index contributed by atoms with van der Waals surface area (Å²) in [7, 11) is 1.69. The fraction of sp³-hybridized carbons (Fsp3) is 0.389. The molecule has 4 N–H and O–H groups in total. The summed E-state index contributed by atoms with van der Waals surface area (Å²) in [5.41, 5.74) is 3.67. The predicted molar refractivity (Wildman–Crippen MR) is 101 cm³/mol. The highest BCUT2D eigenvalue weighted by Gasteiger charge is 2.27. The molecule has 0 saturated carbocycles. The summed E-state index contributed by atoms with van der Waals surface area (Å²) in [6.07, 6.45) is 2.91. The largest absolute Gasteiger partial charge is 0.361 e. The van der Waals surface area contributed by atoms with Crippen LogP contribution in [0.2, 0.25) is 0 Å². The Balaban J connectivity index is 1.47. The van der Waals surface area contributed by atoms with Crippen LogP contribution in [0, 0.1) is 6.92 Å². The molecular formula is C18H24N6O2. The molecule has 1 aliphatic heterocycles. The molecule has 2 heterocycles. The lowest BCUT2D eigenvalue weighted by Crippen LogP contribution is -2.43. The van der Waals surface area contributed by atoms with E-state index in [4.69, 9.17) is 0 Å². The smallest absolute Gasteiger partial charge is 0.324 e. The second-order valence-electron chi connectivity index (χ2n) is 6.19. The van der Waals surface area contributed by atoms with Gasteiger partial charge in [-0.2, -0.15) is 0 Å². The molecule has 0 radical (unpaired) electrons. The SMILES string of the molecule is CN=C(NCCc1c[nH]c2cccc(C)c12)NCCN1C(=O)CNC1=O. The minimum atomic E-state index is -0.338. The monoisotopic (exact) mass is 356 g/mol. The molecule has 0 atom stereocenters. The van der Waals surface area contributed by atoms with Crippen LogP contribution < -0.4 is 16.0 Å². The van der Waals surface area contributed by atoms with Gasteiger partial charge in [0.25, 0.3) is 0 Å². The van der Waals surface area contributed by atoms with Gasteiger partial charge in [-0.05, 0) is 30.5 Å². The van der Waals surface area contributed by atoms with Crippen molar-refractivity contribution in [3.05, 3.63) is 35.5 Å². The molecule has 1 fully saturated rings. The Morgan fingerprint density at radius 3 is 2.81 bits per heavy atom. The molecule has 0 spiro atoms. The number of hydrogen-bond acceptors (Lipinski definition) is 3.